The third kappa shape index (κ3) is 7.35. The number of benzene rings is 2. The van der Waals surface area contributed by atoms with Crippen LogP contribution in [0.4, 0.5) is 13.2 Å². The molecule has 1 amide bonds. The lowest BCUT2D eigenvalue weighted by atomic mass is 10.1. The van der Waals surface area contributed by atoms with E-state index in [-0.39, 0.29) is 24.3 Å². The van der Waals surface area contributed by atoms with Crippen molar-refractivity contribution in [3.63, 3.8) is 0 Å². The van der Waals surface area contributed by atoms with Crippen LogP contribution in [0.15, 0.2) is 55.0 Å². The van der Waals surface area contributed by atoms with E-state index in [1.807, 2.05) is 0 Å². The Hall–Kier alpha value is -3.86. The molecular weight excluding hydrogens is 443 g/mol. The summed E-state index contributed by atoms with van der Waals surface area (Å²) in [4.78, 5) is 30.5. The van der Waals surface area contributed by atoms with Gasteiger partial charge in [-0.15, -0.1) is 0 Å². The fourth-order valence-corrected chi connectivity index (χ4v) is 2.80. The lowest BCUT2D eigenvalue weighted by molar-refractivity contribution is -0.137. The number of aldehydes is 1. The van der Waals surface area contributed by atoms with Gasteiger partial charge < -0.3 is 30.0 Å². The first-order valence-electron chi connectivity index (χ1n) is 9.56. The lowest BCUT2D eigenvalue weighted by Crippen LogP contribution is -2.37. The Morgan fingerprint density at radius 1 is 1.24 bits per heavy atom. The first kappa shape index (κ1) is 25.4. The number of H-pyrrole nitrogens is 1. The molecule has 0 aliphatic heterocycles. The number of carbonyl (C=O) groups is 2. The number of aromatic amines is 1. The highest BCUT2D eigenvalue weighted by molar-refractivity contribution is 5.95. The summed E-state index contributed by atoms with van der Waals surface area (Å²) in [6, 6.07) is 7.98. The Bertz CT molecular complexity index is 1060. The molecule has 8 nitrogen and oxygen atoms in total. The Kier molecular flexibility index (Phi) is 8.98. The molecule has 33 heavy (non-hydrogen) atoms. The van der Waals surface area contributed by atoms with Crippen LogP contribution in [0, 0.1) is 0 Å². The van der Waals surface area contributed by atoms with Crippen molar-refractivity contribution in [2.75, 3.05) is 7.11 Å². The number of phenols is 1. The van der Waals surface area contributed by atoms with Gasteiger partial charge in [0.15, 0.2) is 11.5 Å². The van der Waals surface area contributed by atoms with Crippen LogP contribution < -0.4 is 10.1 Å². The zero-order chi connectivity index (χ0) is 24.4. The number of aliphatic hydroxyl groups excluding tert-OH is 1. The molecule has 3 rings (SSSR count). The maximum atomic E-state index is 12.7. The standard InChI is InChI=1S/C21H18F3N3O4.CH4O/c22-21(23,24)15-4-5-19(18(29)7-15)31-11-13-2-1-3-14(6-13)20(30)27-17(10-28)8-16-9-25-12-26-16;1-2/h1-7,9-10,12,17,29H,8,11H2,(H,25,26)(H,27,30);2H,1H3. The maximum absolute atomic E-state index is 12.7. The predicted octanol–water partition coefficient (Wildman–Crippen LogP) is 2.86. The van der Waals surface area contributed by atoms with Gasteiger partial charge in [0, 0.05) is 31.0 Å². The average Bonchev–Trinajstić information content (AvgIpc) is 3.31. The number of amides is 1. The van der Waals surface area contributed by atoms with Gasteiger partial charge in [-0.25, -0.2) is 4.98 Å². The molecule has 2 aromatic carbocycles. The number of alkyl halides is 3. The van der Waals surface area contributed by atoms with Crippen LogP contribution >= 0.6 is 0 Å². The number of aromatic hydroxyl groups is 1. The summed E-state index contributed by atoms with van der Waals surface area (Å²) in [6.07, 6.45) is -0.674. The molecule has 3 aromatic rings. The summed E-state index contributed by atoms with van der Waals surface area (Å²) < 4.78 is 43.4. The van der Waals surface area contributed by atoms with E-state index in [2.05, 4.69) is 15.3 Å². The van der Waals surface area contributed by atoms with E-state index in [4.69, 9.17) is 9.84 Å². The molecule has 176 valence electrons. The minimum absolute atomic E-state index is 0.0920. The molecule has 0 saturated carbocycles. The Balaban J connectivity index is 0.00000187. The average molecular weight is 465 g/mol. The first-order chi connectivity index (χ1) is 15.8. The Morgan fingerprint density at radius 3 is 2.61 bits per heavy atom. The smallest absolute Gasteiger partial charge is 0.416 e. The number of phenolic OH excluding ortho intramolecular Hbond substituents is 1. The summed E-state index contributed by atoms with van der Waals surface area (Å²) in [7, 11) is 1.00. The number of hydrogen-bond acceptors (Lipinski definition) is 6. The minimum Gasteiger partial charge on any atom is -0.504 e. The van der Waals surface area contributed by atoms with Crippen molar-refractivity contribution < 1.29 is 37.7 Å². The quantitative estimate of drug-likeness (QED) is 0.379. The number of aromatic nitrogens is 2. The summed E-state index contributed by atoms with van der Waals surface area (Å²) in [6.45, 7) is -0.0920. The van der Waals surface area contributed by atoms with Crippen molar-refractivity contribution in [2.45, 2.75) is 25.2 Å². The van der Waals surface area contributed by atoms with Gasteiger partial charge in [0.2, 0.25) is 0 Å². The van der Waals surface area contributed by atoms with Crippen LogP contribution in [0.3, 0.4) is 0 Å². The number of aliphatic hydroxyl groups is 1. The van der Waals surface area contributed by atoms with E-state index in [9.17, 15) is 27.9 Å². The number of ether oxygens (including phenoxy) is 1. The van der Waals surface area contributed by atoms with E-state index >= 15 is 0 Å². The number of imidazole rings is 1. The van der Waals surface area contributed by atoms with Gasteiger partial charge in [0.25, 0.3) is 5.91 Å². The largest absolute Gasteiger partial charge is 0.504 e. The second kappa shape index (κ2) is 11.7. The third-order valence-corrected chi connectivity index (χ3v) is 4.35. The monoisotopic (exact) mass is 465 g/mol. The summed E-state index contributed by atoms with van der Waals surface area (Å²) in [5, 5.41) is 19.4. The van der Waals surface area contributed by atoms with Crippen LogP contribution in [0.25, 0.3) is 0 Å². The molecular formula is C22H22F3N3O5. The van der Waals surface area contributed by atoms with Gasteiger partial charge in [-0.05, 0) is 35.9 Å². The van der Waals surface area contributed by atoms with Crippen LogP contribution in [0.1, 0.15) is 27.2 Å². The molecule has 1 aromatic heterocycles. The number of nitrogens with zero attached hydrogens (tertiary/aromatic N) is 1. The van der Waals surface area contributed by atoms with Crippen molar-refractivity contribution >= 4 is 12.2 Å². The van der Waals surface area contributed by atoms with Crippen molar-refractivity contribution in [1.29, 1.82) is 0 Å². The van der Waals surface area contributed by atoms with Crippen LogP contribution in [-0.2, 0) is 24.0 Å². The summed E-state index contributed by atoms with van der Waals surface area (Å²) >= 11 is 0. The molecule has 0 aliphatic rings. The third-order valence-electron chi connectivity index (χ3n) is 4.35. The van der Waals surface area contributed by atoms with Gasteiger partial charge >= 0.3 is 6.18 Å². The number of carbonyl (C=O) groups excluding carboxylic acids is 2. The highest BCUT2D eigenvalue weighted by atomic mass is 19.4. The zero-order valence-electron chi connectivity index (χ0n) is 17.5. The number of hydrogen-bond donors (Lipinski definition) is 4. The summed E-state index contributed by atoms with van der Waals surface area (Å²) in [5.74, 6) is -1.24. The van der Waals surface area contributed by atoms with E-state index in [1.165, 1.54) is 12.4 Å². The molecule has 1 atom stereocenters. The fraction of sp³-hybridized carbons (Fsp3) is 0.227. The number of halogens is 3. The van der Waals surface area contributed by atoms with Crippen molar-refractivity contribution in [3.8, 4) is 11.5 Å². The second-order valence-electron chi connectivity index (χ2n) is 6.67. The molecule has 0 spiro atoms. The SMILES string of the molecule is CO.O=CC(Cc1cnc[nH]1)NC(=O)c1cccc(COc2ccc(C(F)(F)F)cc2O)c1. The van der Waals surface area contributed by atoms with Crippen molar-refractivity contribution in [2.24, 2.45) is 0 Å². The lowest BCUT2D eigenvalue weighted by Gasteiger charge is -2.13. The van der Waals surface area contributed by atoms with Gasteiger partial charge in [-0.3, -0.25) is 4.79 Å². The van der Waals surface area contributed by atoms with Gasteiger partial charge in [0.1, 0.15) is 12.9 Å². The van der Waals surface area contributed by atoms with Gasteiger partial charge in [-0.1, -0.05) is 12.1 Å². The molecule has 0 aliphatic carbocycles. The maximum Gasteiger partial charge on any atom is 0.416 e. The molecule has 0 radical (unpaired) electrons. The Labute approximate surface area is 187 Å². The molecule has 1 heterocycles. The van der Waals surface area contributed by atoms with E-state index in [0.29, 0.717) is 23.6 Å². The fourth-order valence-electron chi connectivity index (χ4n) is 2.80. The van der Waals surface area contributed by atoms with Crippen molar-refractivity contribution in [1.82, 2.24) is 15.3 Å². The van der Waals surface area contributed by atoms with Gasteiger partial charge in [0.05, 0.1) is 17.9 Å². The first-order valence-corrected chi connectivity index (χ1v) is 9.56. The predicted molar refractivity (Wildman–Crippen MR) is 112 cm³/mol. The minimum atomic E-state index is -4.57. The molecule has 0 saturated heterocycles. The van der Waals surface area contributed by atoms with E-state index in [0.717, 1.165) is 19.2 Å². The van der Waals surface area contributed by atoms with E-state index < -0.39 is 29.4 Å². The molecule has 0 bridgehead atoms. The topological polar surface area (TPSA) is 125 Å². The second-order valence-corrected chi connectivity index (χ2v) is 6.67. The number of rotatable bonds is 8. The van der Waals surface area contributed by atoms with E-state index in [1.54, 1.807) is 24.4 Å². The molecule has 0 fully saturated rings. The van der Waals surface area contributed by atoms with Crippen molar-refractivity contribution in [3.05, 3.63) is 77.4 Å². The highest BCUT2D eigenvalue weighted by Gasteiger charge is 2.31. The summed E-state index contributed by atoms with van der Waals surface area (Å²) in [5.41, 5.74) is 0.518. The normalized spacial score (nSPS) is 11.7. The van der Waals surface area contributed by atoms with Crippen LogP contribution in [0.5, 0.6) is 11.5 Å². The molecule has 11 heteroatoms. The number of nitrogens with one attached hydrogen (secondary N) is 2. The van der Waals surface area contributed by atoms with Crippen LogP contribution in [-0.4, -0.2) is 45.5 Å². The van der Waals surface area contributed by atoms with Crippen LogP contribution in [0.2, 0.25) is 0 Å². The van der Waals surface area contributed by atoms with Gasteiger partial charge in [-0.2, -0.15) is 13.2 Å². The Morgan fingerprint density at radius 2 is 2.00 bits per heavy atom. The highest BCUT2D eigenvalue weighted by Crippen LogP contribution is 2.35. The molecule has 4 N–H and O–H groups in total. The molecule has 1 unspecified atom stereocenters. The zero-order valence-corrected chi connectivity index (χ0v) is 17.5.